The van der Waals surface area contributed by atoms with E-state index in [9.17, 15) is 4.79 Å². The van der Waals surface area contributed by atoms with Crippen molar-refractivity contribution >= 4 is 28.4 Å². The van der Waals surface area contributed by atoms with E-state index in [1.165, 1.54) is 0 Å². The molecule has 0 fully saturated rings. The molecule has 0 bridgehead atoms. The van der Waals surface area contributed by atoms with Gasteiger partial charge >= 0.3 is 0 Å². The summed E-state index contributed by atoms with van der Waals surface area (Å²) in [6.45, 7) is 3.58. The van der Waals surface area contributed by atoms with Crippen LogP contribution in [0.4, 0.5) is 11.4 Å². The van der Waals surface area contributed by atoms with Gasteiger partial charge in [0.15, 0.2) is 23.0 Å². The van der Waals surface area contributed by atoms with E-state index in [2.05, 4.69) is 15.6 Å². The van der Waals surface area contributed by atoms with Crippen LogP contribution in [0.3, 0.4) is 0 Å². The van der Waals surface area contributed by atoms with Crippen molar-refractivity contribution in [2.45, 2.75) is 19.9 Å². The van der Waals surface area contributed by atoms with E-state index in [4.69, 9.17) is 13.9 Å². The zero-order chi connectivity index (χ0) is 18.7. The largest absolute Gasteiger partial charge is 0.493 e. The van der Waals surface area contributed by atoms with Crippen molar-refractivity contribution in [1.29, 1.82) is 0 Å². The lowest BCUT2D eigenvalue weighted by molar-refractivity contribution is -0.116. The highest BCUT2D eigenvalue weighted by molar-refractivity contribution is 5.96. The maximum Gasteiger partial charge on any atom is 0.246 e. The number of methoxy groups -OCH3 is 2. The van der Waals surface area contributed by atoms with Crippen LogP contribution in [0, 0.1) is 6.92 Å². The van der Waals surface area contributed by atoms with Gasteiger partial charge in [-0.25, -0.2) is 4.98 Å². The predicted octanol–water partition coefficient (Wildman–Crippen LogP) is 3.59. The minimum absolute atomic E-state index is 0.173. The molecular formula is C19H21N3O4. The molecule has 1 atom stereocenters. The van der Waals surface area contributed by atoms with Gasteiger partial charge in [0.1, 0.15) is 11.6 Å². The summed E-state index contributed by atoms with van der Waals surface area (Å²) < 4.78 is 15.9. The van der Waals surface area contributed by atoms with E-state index in [-0.39, 0.29) is 5.91 Å². The molecule has 0 aliphatic carbocycles. The van der Waals surface area contributed by atoms with Crippen molar-refractivity contribution in [2.75, 3.05) is 24.9 Å². The van der Waals surface area contributed by atoms with Crippen LogP contribution in [-0.4, -0.2) is 31.2 Å². The number of hydrogen-bond donors (Lipinski definition) is 2. The number of hydrogen-bond acceptors (Lipinski definition) is 6. The third kappa shape index (κ3) is 3.72. The third-order valence-electron chi connectivity index (χ3n) is 3.92. The molecule has 1 heterocycles. The summed E-state index contributed by atoms with van der Waals surface area (Å²) in [5, 5.41) is 6.02. The third-order valence-corrected chi connectivity index (χ3v) is 3.92. The molecular weight excluding hydrogens is 334 g/mol. The van der Waals surface area contributed by atoms with Crippen LogP contribution in [0.2, 0.25) is 0 Å². The molecule has 0 radical (unpaired) electrons. The molecule has 26 heavy (non-hydrogen) atoms. The molecule has 0 spiro atoms. The first kappa shape index (κ1) is 17.6. The molecule has 3 rings (SSSR count). The summed E-state index contributed by atoms with van der Waals surface area (Å²) in [6.07, 6.45) is 0. The second-order valence-corrected chi connectivity index (χ2v) is 5.84. The zero-order valence-corrected chi connectivity index (χ0v) is 15.1. The van der Waals surface area contributed by atoms with E-state index in [1.54, 1.807) is 46.3 Å². The number of ether oxygens (including phenoxy) is 2. The monoisotopic (exact) mass is 355 g/mol. The van der Waals surface area contributed by atoms with Crippen LogP contribution >= 0.6 is 0 Å². The van der Waals surface area contributed by atoms with Crippen LogP contribution in [0.25, 0.3) is 11.1 Å². The number of benzene rings is 2. The fraction of sp³-hybridized carbons (Fsp3) is 0.263. The lowest BCUT2D eigenvalue weighted by atomic mass is 10.2. The summed E-state index contributed by atoms with van der Waals surface area (Å²) in [5.74, 6) is 1.59. The molecule has 3 aromatic rings. The molecule has 2 N–H and O–H groups in total. The van der Waals surface area contributed by atoms with E-state index in [0.717, 1.165) is 16.8 Å². The van der Waals surface area contributed by atoms with E-state index < -0.39 is 6.04 Å². The highest BCUT2D eigenvalue weighted by Crippen LogP contribution is 2.29. The smallest absolute Gasteiger partial charge is 0.246 e. The van der Waals surface area contributed by atoms with Crippen LogP contribution < -0.4 is 20.1 Å². The van der Waals surface area contributed by atoms with Crippen LogP contribution in [-0.2, 0) is 4.79 Å². The average molecular weight is 355 g/mol. The van der Waals surface area contributed by atoms with Crippen molar-refractivity contribution < 1.29 is 18.7 Å². The van der Waals surface area contributed by atoms with Gasteiger partial charge in [-0.2, -0.15) is 0 Å². The molecule has 2 aromatic carbocycles. The standard InChI is InChI=1S/C19H21N3O4/c1-11(20-13-5-7-16-15(9-13)21-12(2)26-16)19(23)22-14-6-8-17(24-3)18(10-14)25-4/h5-11,20H,1-4H3,(H,22,23)/t11-/m0/s1. The van der Waals surface area contributed by atoms with Gasteiger partial charge in [-0.1, -0.05) is 0 Å². The highest BCUT2D eigenvalue weighted by Gasteiger charge is 2.15. The number of carbonyl (C=O) groups excluding carboxylic acids is 1. The topological polar surface area (TPSA) is 85.6 Å². The van der Waals surface area contributed by atoms with E-state index >= 15 is 0 Å². The van der Waals surface area contributed by atoms with Gasteiger partial charge in [-0.05, 0) is 37.3 Å². The maximum absolute atomic E-state index is 12.5. The maximum atomic E-state index is 12.5. The Kier molecular flexibility index (Phi) is 4.97. The summed E-state index contributed by atoms with van der Waals surface area (Å²) >= 11 is 0. The Hall–Kier alpha value is -3.22. The van der Waals surface area contributed by atoms with Gasteiger partial charge < -0.3 is 24.5 Å². The summed E-state index contributed by atoms with van der Waals surface area (Å²) in [7, 11) is 3.12. The van der Waals surface area contributed by atoms with Crippen molar-refractivity contribution in [1.82, 2.24) is 4.98 Å². The molecule has 1 aromatic heterocycles. The predicted molar refractivity (Wildman–Crippen MR) is 100 cm³/mol. The SMILES string of the molecule is COc1ccc(NC(=O)[C@H](C)Nc2ccc3oc(C)nc3c2)cc1OC. The molecule has 0 unspecified atom stereocenters. The highest BCUT2D eigenvalue weighted by atomic mass is 16.5. The number of rotatable bonds is 6. The molecule has 7 heteroatoms. The Balaban J connectivity index is 1.68. The number of oxazole rings is 1. The average Bonchev–Trinajstić information content (AvgIpc) is 3.00. The minimum Gasteiger partial charge on any atom is -0.493 e. The fourth-order valence-electron chi connectivity index (χ4n) is 2.61. The van der Waals surface area contributed by atoms with Crippen LogP contribution in [0.1, 0.15) is 12.8 Å². The number of aryl methyl sites for hydroxylation is 1. The Morgan fingerprint density at radius 2 is 1.81 bits per heavy atom. The molecule has 1 amide bonds. The zero-order valence-electron chi connectivity index (χ0n) is 15.1. The number of nitrogens with one attached hydrogen (secondary N) is 2. The molecule has 0 aliphatic rings. The molecule has 0 saturated carbocycles. The molecule has 0 aliphatic heterocycles. The summed E-state index contributed by atoms with van der Waals surface area (Å²) in [6, 6.07) is 10.3. The lowest BCUT2D eigenvalue weighted by Gasteiger charge is -2.16. The fourth-order valence-corrected chi connectivity index (χ4v) is 2.61. The van der Waals surface area contributed by atoms with Gasteiger partial charge in [0.05, 0.1) is 14.2 Å². The van der Waals surface area contributed by atoms with Crippen molar-refractivity contribution in [3.05, 3.63) is 42.3 Å². The Morgan fingerprint density at radius 3 is 2.54 bits per heavy atom. The minimum atomic E-state index is -0.450. The van der Waals surface area contributed by atoms with Gasteiger partial charge in [0.2, 0.25) is 5.91 Å². The summed E-state index contributed by atoms with van der Waals surface area (Å²) in [4.78, 5) is 16.8. The number of amides is 1. The second kappa shape index (κ2) is 7.35. The van der Waals surface area contributed by atoms with Crippen LogP contribution in [0.15, 0.2) is 40.8 Å². The van der Waals surface area contributed by atoms with Crippen molar-refractivity contribution in [3.63, 3.8) is 0 Å². The number of carbonyl (C=O) groups is 1. The Labute approximate surface area is 151 Å². The summed E-state index contributed by atoms with van der Waals surface area (Å²) in [5.41, 5.74) is 2.89. The van der Waals surface area contributed by atoms with Crippen LogP contribution in [0.5, 0.6) is 11.5 Å². The number of anilines is 2. The lowest BCUT2D eigenvalue weighted by Crippen LogP contribution is -2.31. The molecule has 136 valence electrons. The number of nitrogens with zero attached hydrogens (tertiary/aromatic N) is 1. The van der Waals surface area contributed by atoms with Gasteiger partial charge in [-0.3, -0.25) is 4.79 Å². The first-order valence-corrected chi connectivity index (χ1v) is 8.17. The second-order valence-electron chi connectivity index (χ2n) is 5.84. The molecule has 0 saturated heterocycles. The normalized spacial score (nSPS) is 11.8. The molecule has 7 nitrogen and oxygen atoms in total. The van der Waals surface area contributed by atoms with E-state index in [1.807, 2.05) is 18.2 Å². The van der Waals surface area contributed by atoms with Gasteiger partial charge in [-0.15, -0.1) is 0 Å². The Morgan fingerprint density at radius 1 is 1.08 bits per heavy atom. The quantitative estimate of drug-likeness (QED) is 0.703. The van der Waals surface area contributed by atoms with Crippen molar-refractivity contribution in [2.24, 2.45) is 0 Å². The van der Waals surface area contributed by atoms with Crippen molar-refractivity contribution in [3.8, 4) is 11.5 Å². The first-order chi connectivity index (χ1) is 12.5. The number of fused-ring (bicyclic) bond motifs is 1. The van der Waals surface area contributed by atoms with E-state index in [0.29, 0.717) is 23.1 Å². The van der Waals surface area contributed by atoms with Gasteiger partial charge in [0, 0.05) is 24.4 Å². The Bertz CT molecular complexity index is 936. The first-order valence-electron chi connectivity index (χ1n) is 8.17. The number of aromatic nitrogens is 1. The van der Waals surface area contributed by atoms with Gasteiger partial charge in [0.25, 0.3) is 0 Å².